The molecule has 1 aromatic heterocycles. The Balaban J connectivity index is 2.13. The summed E-state index contributed by atoms with van der Waals surface area (Å²) in [4.78, 5) is 16.5. The van der Waals surface area contributed by atoms with Gasteiger partial charge in [-0.1, -0.05) is 34.1 Å². The van der Waals surface area contributed by atoms with Crippen molar-refractivity contribution in [1.29, 1.82) is 0 Å². The van der Waals surface area contributed by atoms with Crippen molar-refractivity contribution in [2.24, 2.45) is 0 Å². The number of alkyl halides is 1. The average molecular weight is 323 g/mol. The van der Waals surface area contributed by atoms with Crippen LogP contribution in [0.5, 0.6) is 0 Å². The van der Waals surface area contributed by atoms with Crippen LogP contribution in [0.4, 0.5) is 0 Å². The minimum absolute atomic E-state index is 0.0980. The van der Waals surface area contributed by atoms with Crippen molar-refractivity contribution < 1.29 is 9.53 Å². The molecule has 1 aromatic carbocycles. The second-order valence-corrected chi connectivity index (χ2v) is 5.43. The van der Waals surface area contributed by atoms with E-state index in [2.05, 4.69) is 26.2 Å². The van der Waals surface area contributed by atoms with Crippen molar-refractivity contribution in [2.75, 3.05) is 20.3 Å². The molecule has 19 heavy (non-hydrogen) atoms. The van der Waals surface area contributed by atoms with Crippen molar-refractivity contribution in [3.05, 3.63) is 42.1 Å². The van der Waals surface area contributed by atoms with Crippen LogP contribution in [0.1, 0.15) is 10.4 Å². The highest BCUT2D eigenvalue weighted by Gasteiger charge is 2.11. The molecule has 1 amide bonds. The van der Waals surface area contributed by atoms with Gasteiger partial charge in [-0.2, -0.15) is 0 Å². The molecule has 0 saturated carbocycles. The Hall–Kier alpha value is -1.46. The summed E-state index contributed by atoms with van der Waals surface area (Å²) >= 11 is 3.44. The summed E-state index contributed by atoms with van der Waals surface area (Å²) < 4.78 is 5.00. The Morgan fingerprint density at radius 3 is 3.00 bits per heavy atom. The van der Waals surface area contributed by atoms with Crippen LogP contribution in [-0.2, 0) is 4.74 Å². The van der Waals surface area contributed by atoms with E-state index in [9.17, 15) is 4.79 Å². The fourth-order valence-electron chi connectivity index (χ4n) is 1.83. The van der Waals surface area contributed by atoms with E-state index in [4.69, 9.17) is 4.74 Å². The highest BCUT2D eigenvalue weighted by atomic mass is 79.9. The molecule has 100 valence electrons. The summed E-state index contributed by atoms with van der Waals surface area (Å²) in [5.74, 6) is -0.0980. The number of aromatic nitrogens is 1. The Labute approximate surface area is 120 Å². The van der Waals surface area contributed by atoms with Crippen LogP contribution >= 0.6 is 15.9 Å². The molecule has 0 fully saturated rings. The zero-order valence-corrected chi connectivity index (χ0v) is 12.2. The van der Waals surface area contributed by atoms with Gasteiger partial charge >= 0.3 is 0 Å². The van der Waals surface area contributed by atoms with Crippen molar-refractivity contribution in [3.63, 3.8) is 0 Å². The fourth-order valence-corrected chi connectivity index (χ4v) is 2.26. The smallest absolute Gasteiger partial charge is 0.252 e. The monoisotopic (exact) mass is 322 g/mol. The molecular formula is C14H15BrN2O2. The van der Waals surface area contributed by atoms with E-state index in [0.717, 1.165) is 10.9 Å². The molecular weight excluding hydrogens is 308 g/mol. The van der Waals surface area contributed by atoms with E-state index in [1.807, 2.05) is 24.3 Å². The third kappa shape index (κ3) is 3.52. The number of hydrogen-bond donors (Lipinski definition) is 1. The Morgan fingerprint density at radius 1 is 1.42 bits per heavy atom. The molecule has 1 atom stereocenters. The first-order valence-electron chi connectivity index (χ1n) is 5.97. The Bertz CT molecular complexity index is 569. The molecule has 0 bridgehead atoms. The van der Waals surface area contributed by atoms with Gasteiger partial charge in [0.15, 0.2) is 0 Å². The van der Waals surface area contributed by atoms with Crippen LogP contribution in [0, 0.1) is 0 Å². The number of rotatable bonds is 5. The number of ether oxygens (including phenoxy) is 1. The number of nitrogens with one attached hydrogen (secondary N) is 1. The topological polar surface area (TPSA) is 51.2 Å². The van der Waals surface area contributed by atoms with Gasteiger partial charge in [0.05, 0.1) is 22.5 Å². The molecule has 5 heteroatoms. The van der Waals surface area contributed by atoms with Crippen molar-refractivity contribution in [1.82, 2.24) is 10.3 Å². The van der Waals surface area contributed by atoms with E-state index >= 15 is 0 Å². The van der Waals surface area contributed by atoms with Gasteiger partial charge in [0, 0.05) is 25.2 Å². The van der Waals surface area contributed by atoms with Crippen LogP contribution in [0.3, 0.4) is 0 Å². The van der Waals surface area contributed by atoms with Crippen molar-refractivity contribution in [2.45, 2.75) is 4.83 Å². The predicted octanol–water partition coefficient (Wildman–Crippen LogP) is 2.37. The van der Waals surface area contributed by atoms with Crippen LogP contribution in [-0.4, -0.2) is 36.0 Å². The lowest BCUT2D eigenvalue weighted by Gasteiger charge is -2.11. The maximum absolute atomic E-state index is 12.2. The molecule has 4 nitrogen and oxygen atoms in total. The molecule has 0 aliphatic heterocycles. The van der Waals surface area contributed by atoms with Crippen LogP contribution < -0.4 is 5.32 Å². The van der Waals surface area contributed by atoms with E-state index in [1.165, 1.54) is 0 Å². The summed E-state index contributed by atoms with van der Waals surface area (Å²) in [6.45, 7) is 1.07. The average Bonchev–Trinajstić information content (AvgIpc) is 2.44. The Kier molecular flexibility index (Phi) is 4.87. The number of carbonyl (C=O) groups is 1. The largest absolute Gasteiger partial charge is 0.383 e. The van der Waals surface area contributed by atoms with E-state index in [-0.39, 0.29) is 10.7 Å². The summed E-state index contributed by atoms with van der Waals surface area (Å²) in [6, 6.07) is 9.34. The molecule has 0 spiro atoms. The number of halogens is 1. The molecule has 1 heterocycles. The molecule has 2 rings (SSSR count). The standard InChI is InChI=1S/C14H15BrN2O2/c1-19-9-10(15)8-17-14(18)12-6-7-16-13-5-3-2-4-11(12)13/h2-7,10H,8-9H2,1H3,(H,17,18). The SMILES string of the molecule is COCC(Br)CNC(=O)c1ccnc2ccccc12. The molecule has 2 aromatic rings. The second kappa shape index (κ2) is 6.63. The van der Waals surface area contributed by atoms with Gasteiger partial charge < -0.3 is 10.1 Å². The zero-order valence-electron chi connectivity index (χ0n) is 10.6. The molecule has 0 radical (unpaired) electrons. The van der Waals surface area contributed by atoms with Gasteiger partial charge in [-0.15, -0.1) is 0 Å². The van der Waals surface area contributed by atoms with Gasteiger partial charge in [0.1, 0.15) is 0 Å². The predicted molar refractivity (Wildman–Crippen MR) is 78.7 cm³/mol. The minimum Gasteiger partial charge on any atom is -0.383 e. The molecule has 0 saturated heterocycles. The lowest BCUT2D eigenvalue weighted by Crippen LogP contribution is -2.31. The number of hydrogen-bond acceptors (Lipinski definition) is 3. The summed E-state index contributed by atoms with van der Waals surface area (Å²) in [5.41, 5.74) is 1.46. The van der Waals surface area contributed by atoms with E-state index in [0.29, 0.717) is 18.7 Å². The number of nitrogens with zero attached hydrogens (tertiary/aromatic N) is 1. The molecule has 1 N–H and O–H groups in total. The van der Waals surface area contributed by atoms with Crippen molar-refractivity contribution in [3.8, 4) is 0 Å². The van der Waals surface area contributed by atoms with Gasteiger partial charge in [-0.05, 0) is 12.1 Å². The molecule has 1 unspecified atom stereocenters. The number of para-hydroxylation sites is 1. The van der Waals surface area contributed by atoms with Gasteiger partial charge in [0.2, 0.25) is 0 Å². The summed E-state index contributed by atoms with van der Waals surface area (Å²) in [6.07, 6.45) is 1.65. The fraction of sp³-hybridized carbons (Fsp3) is 0.286. The lowest BCUT2D eigenvalue weighted by atomic mass is 10.1. The normalized spacial score (nSPS) is 12.3. The number of carbonyl (C=O) groups excluding carboxylic acids is 1. The first kappa shape index (κ1) is 14.0. The summed E-state index contributed by atoms with van der Waals surface area (Å²) in [7, 11) is 1.63. The van der Waals surface area contributed by atoms with Crippen LogP contribution in [0.2, 0.25) is 0 Å². The number of methoxy groups -OCH3 is 1. The van der Waals surface area contributed by atoms with Gasteiger partial charge in [0.25, 0.3) is 5.91 Å². The van der Waals surface area contributed by atoms with Gasteiger partial charge in [-0.25, -0.2) is 0 Å². The number of fused-ring (bicyclic) bond motifs is 1. The lowest BCUT2D eigenvalue weighted by molar-refractivity contribution is 0.0951. The zero-order chi connectivity index (χ0) is 13.7. The number of benzene rings is 1. The minimum atomic E-state index is -0.0980. The van der Waals surface area contributed by atoms with Crippen molar-refractivity contribution >= 4 is 32.7 Å². The summed E-state index contributed by atoms with van der Waals surface area (Å²) in [5, 5.41) is 3.74. The van der Waals surface area contributed by atoms with Crippen LogP contribution in [0.15, 0.2) is 36.5 Å². The molecule has 0 aliphatic rings. The maximum atomic E-state index is 12.2. The van der Waals surface area contributed by atoms with Crippen LogP contribution in [0.25, 0.3) is 10.9 Å². The second-order valence-electron chi connectivity index (χ2n) is 4.14. The first-order chi connectivity index (χ1) is 9.22. The Morgan fingerprint density at radius 2 is 2.21 bits per heavy atom. The molecule has 0 aliphatic carbocycles. The first-order valence-corrected chi connectivity index (χ1v) is 6.89. The third-order valence-corrected chi connectivity index (χ3v) is 3.31. The number of pyridine rings is 1. The highest BCUT2D eigenvalue weighted by Crippen LogP contribution is 2.15. The number of amides is 1. The van der Waals surface area contributed by atoms with Gasteiger partial charge in [-0.3, -0.25) is 9.78 Å². The van der Waals surface area contributed by atoms with E-state index in [1.54, 1.807) is 19.4 Å². The third-order valence-electron chi connectivity index (χ3n) is 2.73. The maximum Gasteiger partial charge on any atom is 0.252 e. The van der Waals surface area contributed by atoms with E-state index < -0.39 is 0 Å². The highest BCUT2D eigenvalue weighted by molar-refractivity contribution is 9.09. The quantitative estimate of drug-likeness (QED) is 0.860.